The first kappa shape index (κ1) is 23.6. The molecular weight excluding hydrogens is 312 g/mol. The Bertz CT molecular complexity index is 407. The predicted octanol–water partition coefficient (Wildman–Crippen LogP) is 6.62. The van der Waals surface area contributed by atoms with Crippen LogP contribution < -0.4 is 0 Å². The second kappa shape index (κ2) is 17.4. The minimum atomic E-state index is -1.02. The van der Waals surface area contributed by atoms with Crippen molar-refractivity contribution in [3.63, 3.8) is 0 Å². The van der Waals surface area contributed by atoms with Gasteiger partial charge in [0.2, 0.25) is 0 Å². The molecule has 0 saturated heterocycles. The van der Waals surface area contributed by atoms with E-state index in [1.54, 1.807) is 0 Å². The summed E-state index contributed by atoms with van der Waals surface area (Å²) in [6.07, 6.45) is 22.4. The fourth-order valence-corrected chi connectivity index (χ4v) is 2.75. The van der Waals surface area contributed by atoms with Crippen LogP contribution in [-0.4, -0.2) is 16.9 Å². The van der Waals surface area contributed by atoms with Gasteiger partial charge >= 0.3 is 5.97 Å². The molecule has 0 amide bonds. The van der Waals surface area contributed by atoms with Crippen LogP contribution in [0.15, 0.2) is 23.8 Å². The largest absolute Gasteiger partial charge is 0.478 e. The van der Waals surface area contributed by atoms with Crippen molar-refractivity contribution in [2.75, 3.05) is 0 Å². The van der Waals surface area contributed by atoms with E-state index in [1.807, 2.05) is 0 Å². The van der Waals surface area contributed by atoms with Gasteiger partial charge in [-0.05, 0) is 45.1 Å². The molecule has 0 heterocycles. The van der Waals surface area contributed by atoms with Crippen molar-refractivity contribution in [2.24, 2.45) is 0 Å². The van der Waals surface area contributed by atoms with E-state index in [4.69, 9.17) is 5.11 Å². The van der Waals surface area contributed by atoms with Gasteiger partial charge in [-0.3, -0.25) is 4.79 Å². The van der Waals surface area contributed by atoms with Gasteiger partial charge in [0.1, 0.15) is 0 Å². The molecule has 0 radical (unpaired) electrons. The lowest BCUT2D eigenvalue weighted by Gasteiger charge is -2.00. The number of ketones is 1. The summed E-state index contributed by atoms with van der Waals surface area (Å²) < 4.78 is 0. The Hall–Kier alpha value is -1.38. The van der Waals surface area contributed by atoms with Crippen LogP contribution in [0.1, 0.15) is 104 Å². The zero-order valence-electron chi connectivity index (χ0n) is 16.4. The van der Waals surface area contributed by atoms with E-state index < -0.39 is 5.97 Å². The van der Waals surface area contributed by atoms with E-state index in [-0.39, 0.29) is 11.4 Å². The lowest BCUT2D eigenvalue weighted by molar-refractivity contribution is -0.132. The van der Waals surface area contributed by atoms with Crippen molar-refractivity contribution in [1.29, 1.82) is 0 Å². The fraction of sp³-hybridized carbons (Fsp3) is 0.727. The number of hydrogen-bond donors (Lipinski definition) is 1. The number of carbonyl (C=O) groups is 2. The van der Waals surface area contributed by atoms with Crippen LogP contribution in [0.4, 0.5) is 0 Å². The molecule has 0 aliphatic heterocycles. The normalized spacial score (nSPS) is 12.0. The molecule has 0 rings (SSSR count). The molecule has 3 heteroatoms. The molecule has 0 spiro atoms. The lowest BCUT2D eigenvalue weighted by atomic mass is 10.1. The number of unbranched alkanes of at least 4 members (excludes halogenated alkanes) is 11. The second-order valence-electron chi connectivity index (χ2n) is 6.93. The molecule has 0 aromatic carbocycles. The average molecular weight is 351 g/mol. The van der Waals surface area contributed by atoms with Gasteiger partial charge in [0, 0.05) is 12.0 Å². The first-order chi connectivity index (χ1) is 12.1. The quantitative estimate of drug-likeness (QED) is 0.182. The first-order valence-electron chi connectivity index (χ1n) is 10.2. The van der Waals surface area contributed by atoms with E-state index in [9.17, 15) is 9.59 Å². The molecule has 3 nitrogen and oxygen atoms in total. The first-order valence-corrected chi connectivity index (χ1v) is 10.2. The van der Waals surface area contributed by atoms with Crippen molar-refractivity contribution in [3.05, 3.63) is 23.8 Å². The van der Waals surface area contributed by atoms with E-state index in [1.165, 1.54) is 70.8 Å². The molecule has 0 fully saturated rings. The van der Waals surface area contributed by atoms with Gasteiger partial charge in [-0.1, -0.05) is 70.4 Å². The highest BCUT2D eigenvalue weighted by Gasteiger charge is 2.04. The van der Waals surface area contributed by atoms with E-state index in [2.05, 4.69) is 19.1 Å². The van der Waals surface area contributed by atoms with Gasteiger partial charge < -0.3 is 5.11 Å². The molecule has 1 N–H and O–H groups in total. The third-order valence-electron chi connectivity index (χ3n) is 4.40. The molecule has 0 aliphatic rings. The summed E-state index contributed by atoms with van der Waals surface area (Å²) >= 11 is 0. The van der Waals surface area contributed by atoms with Gasteiger partial charge in [0.25, 0.3) is 0 Å². The van der Waals surface area contributed by atoms with Crippen molar-refractivity contribution < 1.29 is 14.7 Å². The molecule has 0 unspecified atom stereocenters. The van der Waals surface area contributed by atoms with E-state index in [0.717, 1.165) is 25.7 Å². The Morgan fingerprint density at radius 2 is 1.24 bits per heavy atom. The molecular formula is C22H38O3. The van der Waals surface area contributed by atoms with Gasteiger partial charge in [0.15, 0.2) is 5.78 Å². The Morgan fingerprint density at radius 3 is 1.76 bits per heavy atom. The molecule has 0 aromatic rings. The summed E-state index contributed by atoms with van der Waals surface area (Å²) in [5.41, 5.74) is 0.123. The summed E-state index contributed by atoms with van der Waals surface area (Å²) in [7, 11) is 0. The average Bonchev–Trinajstić information content (AvgIpc) is 2.58. The van der Waals surface area contributed by atoms with Gasteiger partial charge in [-0.2, -0.15) is 0 Å². The smallest absolute Gasteiger partial charge is 0.331 e. The standard InChI is InChI=1S/C22H38O3/c1-3-4-5-6-7-8-9-10-11-12-13-14-15-16-17-18-21(23)19-20(2)22(24)25/h10-11,19H,3-9,12-18H2,1-2H3,(H,24,25). The minimum Gasteiger partial charge on any atom is -0.478 e. The van der Waals surface area contributed by atoms with E-state index >= 15 is 0 Å². The van der Waals surface area contributed by atoms with Crippen molar-refractivity contribution in [3.8, 4) is 0 Å². The Morgan fingerprint density at radius 1 is 0.760 bits per heavy atom. The van der Waals surface area contributed by atoms with Crippen LogP contribution in [0.3, 0.4) is 0 Å². The number of hydrogen-bond acceptors (Lipinski definition) is 2. The van der Waals surface area contributed by atoms with E-state index in [0.29, 0.717) is 6.42 Å². The Kier molecular flexibility index (Phi) is 16.5. The molecule has 0 aromatic heterocycles. The number of carbonyl (C=O) groups excluding carboxylic acids is 1. The molecule has 25 heavy (non-hydrogen) atoms. The maximum atomic E-state index is 11.5. The van der Waals surface area contributed by atoms with Crippen molar-refractivity contribution >= 4 is 11.8 Å². The number of carboxylic acid groups (broad SMARTS) is 1. The van der Waals surface area contributed by atoms with Crippen molar-refractivity contribution in [2.45, 2.75) is 104 Å². The highest BCUT2D eigenvalue weighted by molar-refractivity contribution is 5.98. The van der Waals surface area contributed by atoms with Gasteiger partial charge in [0.05, 0.1) is 0 Å². The van der Waals surface area contributed by atoms with Crippen LogP contribution in [0, 0.1) is 0 Å². The molecule has 0 aliphatic carbocycles. The number of rotatable bonds is 17. The number of carboxylic acids is 1. The summed E-state index contributed by atoms with van der Waals surface area (Å²) in [6, 6.07) is 0. The minimum absolute atomic E-state index is 0.0717. The van der Waals surface area contributed by atoms with Crippen LogP contribution >= 0.6 is 0 Å². The van der Waals surface area contributed by atoms with Gasteiger partial charge in [-0.25, -0.2) is 4.79 Å². The molecule has 0 saturated carbocycles. The van der Waals surface area contributed by atoms with Crippen LogP contribution in [-0.2, 0) is 9.59 Å². The maximum absolute atomic E-state index is 11.5. The monoisotopic (exact) mass is 350 g/mol. The Labute approximate surface area is 154 Å². The van der Waals surface area contributed by atoms with Crippen LogP contribution in [0.2, 0.25) is 0 Å². The molecule has 144 valence electrons. The third kappa shape index (κ3) is 17.2. The van der Waals surface area contributed by atoms with Crippen molar-refractivity contribution in [1.82, 2.24) is 0 Å². The summed E-state index contributed by atoms with van der Waals surface area (Å²) in [5.74, 6) is -1.09. The third-order valence-corrected chi connectivity index (χ3v) is 4.40. The summed E-state index contributed by atoms with van der Waals surface area (Å²) in [4.78, 5) is 22.2. The SMILES string of the molecule is CCCCCCCCC=CCCCCCCCC(=O)C=C(C)C(=O)O. The number of aliphatic carboxylic acids is 1. The number of allylic oxidation sites excluding steroid dienone is 3. The molecule has 0 bridgehead atoms. The summed E-state index contributed by atoms with van der Waals surface area (Å²) in [5, 5.41) is 8.71. The highest BCUT2D eigenvalue weighted by atomic mass is 16.4. The lowest BCUT2D eigenvalue weighted by Crippen LogP contribution is -2.01. The highest BCUT2D eigenvalue weighted by Crippen LogP contribution is 2.10. The topological polar surface area (TPSA) is 54.4 Å². The van der Waals surface area contributed by atoms with Crippen LogP contribution in [0.5, 0.6) is 0 Å². The second-order valence-corrected chi connectivity index (χ2v) is 6.93. The zero-order valence-corrected chi connectivity index (χ0v) is 16.4. The fourth-order valence-electron chi connectivity index (χ4n) is 2.75. The zero-order chi connectivity index (χ0) is 18.8. The Balaban J connectivity index is 3.36. The maximum Gasteiger partial charge on any atom is 0.331 e. The summed E-state index contributed by atoms with van der Waals surface area (Å²) in [6.45, 7) is 3.71. The van der Waals surface area contributed by atoms with Gasteiger partial charge in [-0.15, -0.1) is 0 Å². The van der Waals surface area contributed by atoms with Crippen LogP contribution in [0.25, 0.3) is 0 Å². The predicted molar refractivity (Wildman–Crippen MR) is 106 cm³/mol. The molecule has 0 atom stereocenters.